The molecule has 0 unspecified atom stereocenters. The number of aromatic nitrogens is 1. The van der Waals surface area contributed by atoms with Crippen LogP contribution in [-0.2, 0) is 22.4 Å². The van der Waals surface area contributed by atoms with Gasteiger partial charge in [0.25, 0.3) is 0 Å². The minimum absolute atomic E-state index is 0.110. The molecule has 0 saturated heterocycles. The molecule has 1 aliphatic rings. The zero-order valence-corrected chi connectivity index (χ0v) is 14.1. The summed E-state index contributed by atoms with van der Waals surface area (Å²) in [5.41, 5.74) is 0.856. The van der Waals surface area contributed by atoms with Crippen LogP contribution < -0.4 is 0 Å². The van der Waals surface area contributed by atoms with Crippen molar-refractivity contribution in [2.75, 3.05) is 7.05 Å². The number of carbonyl (C=O) groups excluding carboxylic acids is 1. The van der Waals surface area contributed by atoms with Crippen molar-refractivity contribution in [2.24, 2.45) is 0 Å². The Morgan fingerprint density at radius 2 is 2.00 bits per heavy atom. The quantitative estimate of drug-likeness (QED) is 0.873. The van der Waals surface area contributed by atoms with Crippen molar-refractivity contribution in [3.8, 4) is 0 Å². The first-order chi connectivity index (χ1) is 10.5. The Balaban J connectivity index is 1.93. The van der Waals surface area contributed by atoms with Gasteiger partial charge in [-0.05, 0) is 26.2 Å². The fourth-order valence-corrected chi connectivity index (χ4v) is 4.00. The highest BCUT2D eigenvalue weighted by atomic mass is 32.1. The highest BCUT2D eigenvalue weighted by molar-refractivity contribution is 7.11. The molecule has 1 aliphatic carbocycles. The molecule has 0 aromatic carbocycles. The largest absolute Gasteiger partial charge is 0.481 e. The van der Waals surface area contributed by atoms with Crippen LogP contribution in [0.25, 0.3) is 0 Å². The lowest BCUT2D eigenvalue weighted by Crippen LogP contribution is -2.39. The fourth-order valence-electron chi connectivity index (χ4n) is 2.94. The summed E-state index contributed by atoms with van der Waals surface area (Å²) >= 11 is 1.47. The topological polar surface area (TPSA) is 70.5 Å². The highest BCUT2D eigenvalue weighted by Crippen LogP contribution is 2.24. The van der Waals surface area contributed by atoms with Gasteiger partial charge in [0, 0.05) is 18.0 Å². The zero-order chi connectivity index (χ0) is 16.1. The van der Waals surface area contributed by atoms with E-state index in [0.717, 1.165) is 28.4 Å². The van der Waals surface area contributed by atoms with E-state index in [1.165, 1.54) is 30.6 Å². The van der Waals surface area contributed by atoms with Gasteiger partial charge in [0.15, 0.2) is 0 Å². The summed E-state index contributed by atoms with van der Waals surface area (Å²) in [4.78, 5) is 30.3. The normalized spacial score (nSPS) is 15.7. The van der Waals surface area contributed by atoms with Crippen LogP contribution in [0, 0.1) is 6.92 Å². The van der Waals surface area contributed by atoms with Crippen LogP contribution in [-0.4, -0.2) is 40.0 Å². The van der Waals surface area contributed by atoms with Crippen LogP contribution in [0.1, 0.15) is 54.1 Å². The zero-order valence-electron chi connectivity index (χ0n) is 13.3. The van der Waals surface area contributed by atoms with E-state index < -0.39 is 5.97 Å². The summed E-state index contributed by atoms with van der Waals surface area (Å²) in [7, 11) is 1.89. The molecule has 0 atom stereocenters. The average molecular weight is 324 g/mol. The van der Waals surface area contributed by atoms with Crippen molar-refractivity contribution in [3.63, 3.8) is 0 Å². The number of carboxylic acid groups (broad SMARTS) is 1. The van der Waals surface area contributed by atoms with Crippen molar-refractivity contribution >= 4 is 23.2 Å². The molecule has 6 heteroatoms. The summed E-state index contributed by atoms with van der Waals surface area (Å²) in [6, 6.07) is 0.369. The van der Waals surface area contributed by atoms with Crippen molar-refractivity contribution in [2.45, 2.75) is 64.3 Å². The summed E-state index contributed by atoms with van der Waals surface area (Å²) in [6.07, 6.45) is 6.81. The molecule has 1 amide bonds. The maximum absolute atomic E-state index is 12.4. The maximum atomic E-state index is 12.4. The van der Waals surface area contributed by atoms with Crippen LogP contribution in [0.2, 0.25) is 0 Å². The molecule has 5 nitrogen and oxygen atoms in total. The van der Waals surface area contributed by atoms with E-state index in [-0.39, 0.29) is 12.3 Å². The van der Waals surface area contributed by atoms with Gasteiger partial charge in [0.1, 0.15) is 5.01 Å². The molecule has 0 radical (unpaired) electrons. The summed E-state index contributed by atoms with van der Waals surface area (Å²) in [5.74, 6) is -0.687. The van der Waals surface area contributed by atoms with Crippen LogP contribution in [0.5, 0.6) is 0 Å². The van der Waals surface area contributed by atoms with Crippen LogP contribution in [0.4, 0.5) is 0 Å². The number of aryl methyl sites for hydroxylation is 2. The second kappa shape index (κ2) is 7.72. The lowest BCUT2D eigenvalue weighted by atomic mass is 9.94. The molecule has 0 aliphatic heterocycles. The lowest BCUT2D eigenvalue weighted by molar-refractivity contribution is -0.137. The Bertz CT molecular complexity index is 535. The van der Waals surface area contributed by atoms with E-state index >= 15 is 0 Å². The van der Waals surface area contributed by atoms with Crippen LogP contribution >= 0.6 is 11.3 Å². The standard InChI is InChI=1S/C16H24N2O3S/c1-11-13(8-9-16(20)21)22-14(17-11)10-15(19)18(2)12-6-4-3-5-7-12/h12H,3-10H2,1-2H3,(H,20,21). The summed E-state index contributed by atoms with van der Waals surface area (Å²) in [5, 5.41) is 9.56. The predicted octanol–water partition coefficient (Wildman–Crippen LogP) is 2.80. The van der Waals surface area contributed by atoms with E-state index in [1.54, 1.807) is 0 Å². The summed E-state index contributed by atoms with van der Waals surface area (Å²) < 4.78 is 0. The lowest BCUT2D eigenvalue weighted by Gasteiger charge is -2.31. The Labute approximate surface area is 135 Å². The third-order valence-electron chi connectivity index (χ3n) is 4.32. The first-order valence-corrected chi connectivity index (χ1v) is 8.71. The Morgan fingerprint density at radius 1 is 1.32 bits per heavy atom. The minimum atomic E-state index is -0.803. The summed E-state index contributed by atoms with van der Waals surface area (Å²) in [6.45, 7) is 1.88. The second-order valence-corrected chi connectivity index (χ2v) is 7.15. The van der Waals surface area contributed by atoms with E-state index in [9.17, 15) is 9.59 Å². The van der Waals surface area contributed by atoms with Crippen LogP contribution in [0.15, 0.2) is 0 Å². The molecular formula is C16H24N2O3S. The predicted molar refractivity (Wildman–Crippen MR) is 86.2 cm³/mol. The van der Waals surface area contributed by atoms with Gasteiger partial charge < -0.3 is 10.0 Å². The number of nitrogens with zero attached hydrogens (tertiary/aromatic N) is 2. The molecule has 1 saturated carbocycles. The molecule has 2 rings (SSSR count). The third kappa shape index (κ3) is 4.53. The molecular weight excluding hydrogens is 300 g/mol. The minimum Gasteiger partial charge on any atom is -0.481 e. The van der Waals surface area contributed by atoms with Crippen molar-refractivity contribution in [1.29, 1.82) is 0 Å². The molecule has 1 fully saturated rings. The number of likely N-dealkylation sites (N-methyl/N-ethyl adjacent to an activating group) is 1. The monoisotopic (exact) mass is 324 g/mol. The molecule has 1 heterocycles. The number of carboxylic acids is 1. The number of amides is 1. The van der Waals surface area contributed by atoms with E-state index in [2.05, 4.69) is 4.98 Å². The van der Waals surface area contributed by atoms with Gasteiger partial charge in [-0.3, -0.25) is 9.59 Å². The van der Waals surface area contributed by atoms with Gasteiger partial charge in [0.2, 0.25) is 5.91 Å². The smallest absolute Gasteiger partial charge is 0.303 e. The van der Waals surface area contributed by atoms with Gasteiger partial charge in [0.05, 0.1) is 18.5 Å². The number of aliphatic carboxylic acids is 1. The molecule has 1 N–H and O–H groups in total. The first-order valence-electron chi connectivity index (χ1n) is 7.90. The Morgan fingerprint density at radius 3 is 2.64 bits per heavy atom. The fraction of sp³-hybridized carbons (Fsp3) is 0.688. The Hall–Kier alpha value is -1.43. The number of thiazole rings is 1. The van der Waals surface area contributed by atoms with Crippen molar-refractivity contribution in [3.05, 3.63) is 15.6 Å². The van der Waals surface area contributed by atoms with Gasteiger partial charge in [-0.1, -0.05) is 19.3 Å². The number of rotatable bonds is 6. The van der Waals surface area contributed by atoms with E-state index in [4.69, 9.17) is 5.11 Å². The SMILES string of the molecule is Cc1nc(CC(=O)N(C)C2CCCCC2)sc1CCC(=O)O. The van der Waals surface area contributed by atoms with E-state index in [0.29, 0.717) is 18.9 Å². The molecule has 1 aromatic heterocycles. The number of hydrogen-bond donors (Lipinski definition) is 1. The molecule has 122 valence electrons. The van der Waals surface area contributed by atoms with Gasteiger partial charge in [-0.15, -0.1) is 11.3 Å². The maximum Gasteiger partial charge on any atom is 0.303 e. The average Bonchev–Trinajstić information content (AvgIpc) is 2.85. The van der Waals surface area contributed by atoms with Gasteiger partial charge in [-0.2, -0.15) is 0 Å². The molecule has 0 bridgehead atoms. The Kier molecular flexibility index (Phi) is 5.94. The van der Waals surface area contributed by atoms with Crippen molar-refractivity contribution in [1.82, 2.24) is 9.88 Å². The number of hydrogen-bond acceptors (Lipinski definition) is 4. The highest BCUT2D eigenvalue weighted by Gasteiger charge is 2.23. The molecule has 0 spiro atoms. The molecule has 22 heavy (non-hydrogen) atoms. The van der Waals surface area contributed by atoms with Gasteiger partial charge in [-0.25, -0.2) is 4.98 Å². The van der Waals surface area contributed by atoms with E-state index in [1.807, 2.05) is 18.9 Å². The number of carbonyl (C=O) groups is 2. The first kappa shape index (κ1) is 16.9. The second-order valence-electron chi connectivity index (χ2n) is 5.98. The van der Waals surface area contributed by atoms with Crippen molar-refractivity contribution < 1.29 is 14.7 Å². The van der Waals surface area contributed by atoms with Crippen LogP contribution in [0.3, 0.4) is 0 Å². The third-order valence-corrected chi connectivity index (χ3v) is 5.54. The molecule has 1 aromatic rings. The van der Waals surface area contributed by atoms with Gasteiger partial charge >= 0.3 is 5.97 Å².